The second-order valence-corrected chi connectivity index (χ2v) is 13.1. The van der Waals surface area contributed by atoms with E-state index in [1.54, 1.807) is 48.8 Å². The summed E-state index contributed by atoms with van der Waals surface area (Å²) in [7, 11) is 0. The maximum absolute atomic E-state index is 9.94. The van der Waals surface area contributed by atoms with Crippen LogP contribution in [0.25, 0.3) is 0 Å². The first kappa shape index (κ1) is 37.2. The van der Waals surface area contributed by atoms with Gasteiger partial charge in [-0.05, 0) is 115 Å². The Labute approximate surface area is 284 Å². The number of aryl methyl sites for hydroxylation is 2. The molecule has 8 heteroatoms. The smallest absolute Gasteiger partial charge is 0.124 e. The normalized spacial score (nSPS) is 12.8. The number of aromatic hydroxyl groups is 4. The van der Waals surface area contributed by atoms with Crippen LogP contribution in [0.5, 0.6) is 23.0 Å². The molecule has 0 spiro atoms. The number of phenols is 4. The van der Waals surface area contributed by atoms with Crippen molar-refractivity contribution in [1.82, 2.24) is 0 Å². The van der Waals surface area contributed by atoms with Gasteiger partial charge < -0.3 is 20.4 Å². The lowest BCUT2D eigenvalue weighted by atomic mass is 10.1. The van der Waals surface area contributed by atoms with Gasteiger partial charge in [0.1, 0.15) is 23.0 Å². The van der Waals surface area contributed by atoms with E-state index in [2.05, 4.69) is 20.0 Å². The van der Waals surface area contributed by atoms with Gasteiger partial charge >= 0.3 is 0 Å². The van der Waals surface area contributed by atoms with Crippen LogP contribution in [0, 0.1) is 13.8 Å². The minimum atomic E-state index is -0.414. The van der Waals surface area contributed by atoms with Crippen molar-refractivity contribution in [1.29, 1.82) is 0 Å². The summed E-state index contributed by atoms with van der Waals surface area (Å²) in [5.41, 5.74) is 5.57. The number of hydrogen-bond donors (Lipinski definition) is 4. The zero-order valence-electron chi connectivity index (χ0n) is 29.2. The van der Waals surface area contributed by atoms with E-state index in [1.165, 1.54) is 0 Å². The number of para-hydroxylation sites is 2. The van der Waals surface area contributed by atoms with Gasteiger partial charge in [0, 0.05) is 46.1 Å². The van der Waals surface area contributed by atoms with E-state index in [9.17, 15) is 20.4 Å². The van der Waals surface area contributed by atoms with Crippen LogP contribution < -0.4 is 0 Å². The highest BCUT2D eigenvalue weighted by Crippen LogP contribution is 2.22. The van der Waals surface area contributed by atoms with Crippen LogP contribution in [-0.2, 0) is 0 Å². The molecule has 0 aliphatic heterocycles. The standard InChI is InChI=1S/2C20H24N2O2/c2*1-14-9-10-16(19(24)11-14)12-22-20(3,4)13-21-15(2)17-7-5-6-8-18(17)23/h2*5-12,23-24H,13H2,1-4H3. The summed E-state index contributed by atoms with van der Waals surface area (Å²) in [6.45, 7) is 16.5. The largest absolute Gasteiger partial charge is 0.507 e. The minimum absolute atomic E-state index is 0.225. The zero-order valence-corrected chi connectivity index (χ0v) is 29.2. The Kier molecular flexibility index (Phi) is 12.8. The number of nitrogens with zero attached hydrogens (tertiary/aromatic N) is 4. The Morgan fingerprint density at radius 2 is 0.896 bits per heavy atom. The Hall–Kier alpha value is -5.24. The predicted octanol–water partition coefficient (Wildman–Crippen LogP) is 8.23. The molecule has 4 aromatic carbocycles. The van der Waals surface area contributed by atoms with Gasteiger partial charge in [-0.25, -0.2) is 0 Å². The Balaban J connectivity index is 0.000000260. The summed E-state index contributed by atoms with van der Waals surface area (Å²) in [5.74, 6) is 0.904. The van der Waals surface area contributed by atoms with E-state index in [0.717, 1.165) is 33.7 Å². The van der Waals surface area contributed by atoms with Gasteiger partial charge in [-0.15, -0.1) is 0 Å². The fraction of sp³-hybridized carbons (Fsp3) is 0.300. The Bertz CT molecular complexity index is 1690. The average Bonchev–Trinajstić information content (AvgIpc) is 3.02. The van der Waals surface area contributed by atoms with E-state index in [1.807, 2.05) is 104 Å². The molecule has 4 rings (SSSR count). The molecular weight excluding hydrogens is 600 g/mol. The molecule has 0 fully saturated rings. The number of hydrogen-bond acceptors (Lipinski definition) is 8. The third-order valence-electron chi connectivity index (χ3n) is 7.47. The first-order chi connectivity index (χ1) is 22.6. The van der Waals surface area contributed by atoms with Gasteiger partial charge in [-0.2, -0.15) is 0 Å². The molecule has 0 heterocycles. The molecule has 0 aliphatic carbocycles. The zero-order chi connectivity index (χ0) is 35.5. The average molecular weight is 649 g/mol. The van der Waals surface area contributed by atoms with Crippen LogP contribution in [0.1, 0.15) is 74.9 Å². The summed E-state index contributed by atoms with van der Waals surface area (Å²) >= 11 is 0. The van der Waals surface area contributed by atoms with E-state index < -0.39 is 11.1 Å². The molecule has 0 aromatic heterocycles. The number of rotatable bonds is 10. The Morgan fingerprint density at radius 3 is 1.23 bits per heavy atom. The van der Waals surface area contributed by atoms with Gasteiger partial charge in [0.15, 0.2) is 0 Å². The molecule has 0 atom stereocenters. The summed E-state index contributed by atoms with van der Waals surface area (Å²) < 4.78 is 0. The van der Waals surface area contributed by atoms with Crippen LogP contribution in [0.2, 0.25) is 0 Å². The van der Waals surface area contributed by atoms with Gasteiger partial charge in [-0.3, -0.25) is 20.0 Å². The maximum atomic E-state index is 9.94. The van der Waals surface area contributed by atoms with Crippen molar-refractivity contribution in [2.24, 2.45) is 20.0 Å². The fourth-order valence-electron chi connectivity index (χ4n) is 4.45. The summed E-state index contributed by atoms with van der Waals surface area (Å²) in [4.78, 5) is 18.2. The van der Waals surface area contributed by atoms with E-state index in [4.69, 9.17) is 0 Å². The first-order valence-corrected chi connectivity index (χ1v) is 15.9. The minimum Gasteiger partial charge on any atom is -0.507 e. The lowest BCUT2D eigenvalue weighted by molar-refractivity contribution is 0.473. The molecule has 48 heavy (non-hydrogen) atoms. The third-order valence-corrected chi connectivity index (χ3v) is 7.47. The first-order valence-electron chi connectivity index (χ1n) is 15.9. The van der Waals surface area contributed by atoms with Crippen LogP contribution in [0.3, 0.4) is 0 Å². The Morgan fingerprint density at radius 1 is 0.542 bits per heavy atom. The SMILES string of the molecule is CC(=NCC(C)(C)N=Cc1ccc(C)cc1O)c1ccccc1O.CC(=NCC(C)(C)N=Cc1ccc(C)cc1O)c1ccccc1O. The molecule has 0 bridgehead atoms. The molecular formula is C40H48N4O4. The second-order valence-electron chi connectivity index (χ2n) is 13.1. The molecule has 0 amide bonds. The number of benzene rings is 4. The molecule has 0 unspecified atom stereocenters. The van der Waals surface area contributed by atoms with Gasteiger partial charge in [0.25, 0.3) is 0 Å². The molecule has 0 aliphatic rings. The van der Waals surface area contributed by atoms with Crippen molar-refractivity contribution in [2.45, 2.75) is 66.5 Å². The molecule has 8 nitrogen and oxygen atoms in total. The summed E-state index contributed by atoms with van der Waals surface area (Å²) in [6, 6.07) is 25.3. The second kappa shape index (κ2) is 16.5. The van der Waals surface area contributed by atoms with E-state index in [0.29, 0.717) is 24.2 Å². The topological polar surface area (TPSA) is 130 Å². The third kappa shape index (κ3) is 11.5. The lowest BCUT2D eigenvalue weighted by Gasteiger charge is -2.17. The molecule has 4 N–H and O–H groups in total. The van der Waals surface area contributed by atoms with Crippen molar-refractivity contribution in [3.63, 3.8) is 0 Å². The van der Waals surface area contributed by atoms with Crippen molar-refractivity contribution in [3.05, 3.63) is 118 Å². The van der Waals surface area contributed by atoms with Crippen LogP contribution in [0.15, 0.2) is 105 Å². The molecule has 0 saturated heterocycles. The number of phenolic OH excluding ortho intramolecular Hbond substituents is 4. The van der Waals surface area contributed by atoms with Gasteiger partial charge in [0.2, 0.25) is 0 Å². The van der Waals surface area contributed by atoms with Crippen LogP contribution >= 0.6 is 0 Å². The van der Waals surface area contributed by atoms with Crippen molar-refractivity contribution >= 4 is 23.9 Å². The van der Waals surface area contributed by atoms with E-state index in [-0.39, 0.29) is 23.0 Å². The molecule has 252 valence electrons. The highest BCUT2D eigenvalue weighted by Gasteiger charge is 2.17. The highest BCUT2D eigenvalue weighted by molar-refractivity contribution is 6.01. The summed E-state index contributed by atoms with van der Waals surface area (Å²) in [6.07, 6.45) is 3.36. The van der Waals surface area contributed by atoms with Crippen LogP contribution in [-0.4, -0.2) is 68.4 Å². The maximum Gasteiger partial charge on any atom is 0.124 e. The number of aliphatic imine (C=N–C) groups is 4. The van der Waals surface area contributed by atoms with Crippen molar-refractivity contribution < 1.29 is 20.4 Å². The van der Waals surface area contributed by atoms with Gasteiger partial charge in [-0.1, -0.05) is 36.4 Å². The molecule has 0 radical (unpaired) electrons. The van der Waals surface area contributed by atoms with Crippen molar-refractivity contribution in [2.75, 3.05) is 13.1 Å². The molecule has 4 aromatic rings. The summed E-state index contributed by atoms with van der Waals surface area (Å²) in [5, 5.41) is 39.6. The predicted molar refractivity (Wildman–Crippen MR) is 199 cm³/mol. The van der Waals surface area contributed by atoms with Gasteiger partial charge in [0.05, 0.1) is 24.2 Å². The monoisotopic (exact) mass is 648 g/mol. The highest BCUT2D eigenvalue weighted by atomic mass is 16.3. The van der Waals surface area contributed by atoms with Crippen molar-refractivity contribution in [3.8, 4) is 23.0 Å². The van der Waals surface area contributed by atoms with E-state index >= 15 is 0 Å². The van der Waals surface area contributed by atoms with Crippen LogP contribution in [0.4, 0.5) is 0 Å². The lowest BCUT2D eigenvalue weighted by Crippen LogP contribution is -2.22. The molecule has 0 saturated carbocycles. The fourth-order valence-corrected chi connectivity index (χ4v) is 4.45. The quantitative estimate of drug-likeness (QED) is 0.129.